The topological polar surface area (TPSA) is 111 Å². The number of aromatic nitrogens is 2. The third kappa shape index (κ3) is 5.89. The monoisotopic (exact) mass is 518 g/mol. The van der Waals surface area contributed by atoms with Crippen LogP contribution in [0.3, 0.4) is 0 Å². The highest BCUT2D eigenvalue weighted by molar-refractivity contribution is 7.89. The molecule has 2 aromatic carbocycles. The minimum Gasteiger partial charge on any atom is -0.491 e. The van der Waals surface area contributed by atoms with Crippen molar-refractivity contribution in [3.63, 3.8) is 0 Å². The van der Waals surface area contributed by atoms with Crippen LogP contribution in [0, 0.1) is 0 Å². The van der Waals surface area contributed by atoms with Crippen LogP contribution in [-0.2, 0) is 19.6 Å². The molecule has 0 atom stereocenters. The zero-order chi connectivity index (χ0) is 24.8. The molecule has 1 aromatic heterocycles. The zero-order valence-corrected chi connectivity index (χ0v) is 21.0. The van der Waals surface area contributed by atoms with Crippen molar-refractivity contribution >= 4 is 33.5 Å². The molecule has 4 rings (SSSR count). The van der Waals surface area contributed by atoms with Gasteiger partial charge in [0.15, 0.2) is 5.01 Å². The standard InChI is InChI=1S/C23H26N4O6S2/c1-17(2)33-19-4-6-20(7-5-19)35(29,30)27-11-9-26(10-12-27)18-3-8-21(23-25-24-14-34-23)22(13-18)32-16-31-15-28/h3-8,13-15,17H,9-12,16H2,1-2H3. The number of benzene rings is 2. The van der Waals surface area contributed by atoms with Crippen LogP contribution in [0.4, 0.5) is 5.69 Å². The molecule has 3 aromatic rings. The number of rotatable bonds is 10. The molecular formula is C23H26N4O6S2. The number of piperazine rings is 1. The van der Waals surface area contributed by atoms with Gasteiger partial charge in [-0.15, -0.1) is 10.2 Å². The molecule has 2 heterocycles. The van der Waals surface area contributed by atoms with E-state index in [1.807, 2.05) is 32.0 Å². The van der Waals surface area contributed by atoms with Gasteiger partial charge < -0.3 is 19.1 Å². The Bertz CT molecular complexity index is 1230. The predicted molar refractivity (Wildman–Crippen MR) is 131 cm³/mol. The number of ether oxygens (including phenoxy) is 3. The number of carbonyl (C=O) groups excluding carboxylic acids is 1. The molecule has 0 radical (unpaired) electrons. The Morgan fingerprint density at radius 3 is 2.46 bits per heavy atom. The van der Waals surface area contributed by atoms with Crippen LogP contribution in [0.5, 0.6) is 11.5 Å². The first-order chi connectivity index (χ1) is 16.9. The summed E-state index contributed by atoms with van der Waals surface area (Å²) in [4.78, 5) is 12.8. The Morgan fingerprint density at radius 2 is 1.83 bits per heavy atom. The summed E-state index contributed by atoms with van der Waals surface area (Å²) < 4.78 is 43.7. The first kappa shape index (κ1) is 24.9. The third-order valence-electron chi connectivity index (χ3n) is 5.34. The highest BCUT2D eigenvalue weighted by atomic mass is 32.2. The molecule has 12 heteroatoms. The van der Waals surface area contributed by atoms with Gasteiger partial charge in [0.1, 0.15) is 17.0 Å². The summed E-state index contributed by atoms with van der Waals surface area (Å²) in [5, 5.41) is 8.63. The van der Waals surface area contributed by atoms with Crippen molar-refractivity contribution in [3.8, 4) is 22.1 Å². The molecule has 0 spiro atoms. The Morgan fingerprint density at radius 1 is 1.09 bits per heavy atom. The summed E-state index contributed by atoms with van der Waals surface area (Å²) >= 11 is 1.37. The van der Waals surface area contributed by atoms with E-state index in [1.165, 1.54) is 15.6 Å². The van der Waals surface area contributed by atoms with Crippen LogP contribution < -0.4 is 14.4 Å². The summed E-state index contributed by atoms with van der Waals surface area (Å²) in [6, 6.07) is 12.2. The zero-order valence-electron chi connectivity index (χ0n) is 19.4. The number of nitrogens with zero attached hydrogens (tertiary/aromatic N) is 4. The predicted octanol–water partition coefficient (Wildman–Crippen LogP) is 3.01. The maximum atomic E-state index is 13.1. The van der Waals surface area contributed by atoms with Crippen molar-refractivity contribution in [2.24, 2.45) is 0 Å². The summed E-state index contributed by atoms with van der Waals surface area (Å²) in [5.41, 5.74) is 3.22. The molecule has 186 valence electrons. The minimum atomic E-state index is -3.61. The first-order valence-electron chi connectivity index (χ1n) is 11.0. The second-order valence-electron chi connectivity index (χ2n) is 7.98. The minimum absolute atomic E-state index is 0.0151. The maximum absolute atomic E-state index is 13.1. The normalized spacial score (nSPS) is 14.7. The molecule has 1 aliphatic heterocycles. The van der Waals surface area contributed by atoms with Crippen LogP contribution in [0.25, 0.3) is 10.6 Å². The van der Waals surface area contributed by atoms with E-state index in [2.05, 4.69) is 19.8 Å². The quantitative estimate of drug-likeness (QED) is 0.227. The molecule has 1 saturated heterocycles. The smallest absolute Gasteiger partial charge is 0.295 e. The number of hydrogen-bond donors (Lipinski definition) is 0. The molecule has 0 N–H and O–H groups in total. The fraction of sp³-hybridized carbons (Fsp3) is 0.348. The highest BCUT2D eigenvalue weighted by Crippen LogP contribution is 2.35. The van der Waals surface area contributed by atoms with E-state index in [0.717, 1.165) is 11.3 Å². The van der Waals surface area contributed by atoms with Gasteiger partial charge in [0.25, 0.3) is 6.47 Å². The van der Waals surface area contributed by atoms with E-state index in [9.17, 15) is 13.2 Å². The van der Waals surface area contributed by atoms with Crippen LogP contribution in [0.2, 0.25) is 0 Å². The van der Waals surface area contributed by atoms with Gasteiger partial charge in [-0.25, -0.2) is 8.42 Å². The number of anilines is 1. The van der Waals surface area contributed by atoms with Crippen molar-refractivity contribution in [1.82, 2.24) is 14.5 Å². The molecular weight excluding hydrogens is 492 g/mol. The largest absolute Gasteiger partial charge is 0.491 e. The Kier molecular flexibility index (Phi) is 7.83. The Labute approximate surface area is 208 Å². The van der Waals surface area contributed by atoms with Crippen LogP contribution in [-0.4, -0.2) is 68.5 Å². The lowest BCUT2D eigenvalue weighted by Gasteiger charge is -2.35. The maximum Gasteiger partial charge on any atom is 0.295 e. The summed E-state index contributed by atoms with van der Waals surface area (Å²) in [5.74, 6) is 1.14. The van der Waals surface area contributed by atoms with Crippen molar-refractivity contribution in [2.75, 3.05) is 37.9 Å². The molecule has 10 nitrogen and oxygen atoms in total. The Hall–Kier alpha value is -3.22. The molecule has 0 bridgehead atoms. The van der Waals surface area contributed by atoms with Gasteiger partial charge in [0.05, 0.1) is 16.6 Å². The van der Waals surface area contributed by atoms with Gasteiger partial charge >= 0.3 is 0 Å². The van der Waals surface area contributed by atoms with E-state index in [4.69, 9.17) is 9.47 Å². The highest BCUT2D eigenvalue weighted by Gasteiger charge is 2.29. The van der Waals surface area contributed by atoms with Crippen molar-refractivity contribution in [3.05, 3.63) is 48.0 Å². The van der Waals surface area contributed by atoms with Crippen LogP contribution in [0.1, 0.15) is 13.8 Å². The molecule has 0 amide bonds. The number of hydrogen-bond acceptors (Lipinski definition) is 10. The van der Waals surface area contributed by atoms with E-state index < -0.39 is 10.0 Å². The number of sulfonamides is 1. The number of carbonyl (C=O) groups is 1. The van der Waals surface area contributed by atoms with Gasteiger partial charge in [0, 0.05) is 37.9 Å². The van der Waals surface area contributed by atoms with Gasteiger partial charge in [-0.3, -0.25) is 4.79 Å². The lowest BCUT2D eigenvalue weighted by atomic mass is 10.1. The van der Waals surface area contributed by atoms with Gasteiger partial charge in [-0.05, 0) is 50.2 Å². The second kappa shape index (κ2) is 11.0. The van der Waals surface area contributed by atoms with Crippen molar-refractivity contribution in [2.45, 2.75) is 24.8 Å². The second-order valence-corrected chi connectivity index (χ2v) is 10.7. The lowest BCUT2D eigenvalue weighted by Crippen LogP contribution is -2.48. The van der Waals surface area contributed by atoms with E-state index in [0.29, 0.717) is 49.2 Å². The van der Waals surface area contributed by atoms with Gasteiger partial charge in [0.2, 0.25) is 16.8 Å². The molecule has 0 unspecified atom stereocenters. The lowest BCUT2D eigenvalue weighted by molar-refractivity contribution is -0.134. The molecule has 0 saturated carbocycles. The average Bonchev–Trinajstić information content (AvgIpc) is 3.39. The fourth-order valence-electron chi connectivity index (χ4n) is 3.72. The SMILES string of the molecule is CC(C)Oc1ccc(S(=O)(=O)N2CCN(c3ccc(-c4nncs4)c(OCOC=O)c3)CC2)cc1. The van der Waals surface area contributed by atoms with E-state index in [1.54, 1.807) is 29.8 Å². The van der Waals surface area contributed by atoms with E-state index >= 15 is 0 Å². The molecule has 1 fully saturated rings. The van der Waals surface area contributed by atoms with Crippen LogP contribution in [0.15, 0.2) is 52.9 Å². The summed E-state index contributed by atoms with van der Waals surface area (Å²) in [6.45, 7) is 5.63. The average molecular weight is 519 g/mol. The van der Waals surface area contributed by atoms with Crippen molar-refractivity contribution < 1.29 is 27.4 Å². The Balaban J connectivity index is 1.45. The molecule has 0 aliphatic carbocycles. The molecule has 35 heavy (non-hydrogen) atoms. The molecule has 1 aliphatic rings. The van der Waals surface area contributed by atoms with Crippen molar-refractivity contribution in [1.29, 1.82) is 0 Å². The van der Waals surface area contributed by atoms with E-state index in [-0.39, 0.29) is 17.8 Å². The van der Waals surface area contributed by atoms with Gasteiger partial charge in [-0.1, -0.05) is 11.3 Å². The summed E-state index contributed by atoms with van der Waals surface area (Å²) in [7, 11) is -3.61. The first-order valence-corrected chi connectivity index (χ1v) is 13.3. The third-order valence-corrected chi connectivity index (χ3v) is 7.98. The fourth-order valence-corrected chi connectivity index (χ4v) is 5.72. The van der Waals surface area contributed by atoms with Crippen LogP contribution >= 0.6 is 11.3 Å². The summed E-state index contributed by atoms with van der Waals surface area (Å²) in [6.07, 6.45) is 0.0151. The van der Waals surface area contributed by atoms with Gasteiger partial charge in [-0.2, -0.15) is 4.31 Å².